The molecule has 0 bridgehead atoms. The molecule has 1 aliphatic rings. The van der Waals surface area contributed by atoms with Gasteiger partial charge in [0.25, 0.3) is 0 Å². The second-order valence-corrected chi connectivity index (χ2v) is 6.35. The fourth-order valence-electron chi connectivity index (χ4n) is 3.29. The van der Waals surface area contributed by atoms with Crippen LogP contribution in [-0.2, 0) is 6.42 Å². The van der Waals surface area contributed by atoms with Crippen LogP contribution in [0.3, 0.4) is 0 Å². The maximum absolute atomic E-state index is 11.9. The van der Waals surface area contributed by atoms with E-state index in [1.54, 1.807) is 0 Å². The number of rotatable bonds is 4. The highest BCUT2D eigenvalue weighted by Crippen LogP contribution is 2.20. The third-order valence-corrected chi connectivity index (χ3v) is 4.54. The summed E-state index contributed by atoms with van der Waals surface area (Å²) >= 11 is 0. The molecule has 1 aliphatic carbocycles. The molecule has 1 fully saturated rings. The Morgan fingerprint density at radius 1 is 1.27 bits per heavy atom. The van der Waals surface area contributed by atoms with E-state index >= 15 is 0 Å². The first-order chi connectivity index (χ1) is 10.7. The number of urea groups is 1. The molecular weight excluding hydrogens is 274 g/mol. The second-order valence-electron chi connectivity index (χ2n) is 6.35. The Morgan fingerprint density at radius 3 is 2.91 bits per heavy atom. The lowest BCUT2D eigenvalue weighted by Crippen LogP contribution is -2.43. The molecule has 22 heavy (non-hydrogen) atoms. The molecule has 3 rings (SSSR count). The summed E-state index contributed by atoms with van der Waals surface area (Å²) in [5.41, 5.74) is 3.68. The summed E-state index contributed by atoms with van der Waals surface area (Å²) in [4.78, 5) is 15.2. The maximum Gasteiger partial charge on any atom is 0.315 e. The van der Waals surface area contributed by atoms with Gasteiger partial charge in [0, 0.05) is 29.7 Å². The lowest BCUT2D eigenvalue weighted by atomic mass is 9.96. The van der Waals surface area contributed by atoms with E-state index in [-0.39, 0.29) is 6.03 Å². The van der Waals surface area contributed by atoms with E-state index in [4.69, 9.17) is 0 Å². The Morgan fingerprint density at radius 2 is 2.09 bits per heavy atom. The third kappa shape index (κ3) is 3.62. The van der Waals surface area contributed by atoms with Crippen LogP contribution >= 0.6 is 0 Å². The second kappa shape index (κ2) is 6.86. The largest absolute Gasteiger partial charge is 0.361 e. The van der Waals surface area contributed by atoms with Gasteiger partial charge in [-0.2, -0.15) is 0 Å². The van der Waals surface area contributed by atoms with Crippen molar-refractivity contribution in [3.8, 4) is 0 Å². The molecule has 118 valence electrons. The number of aromatic nitrogens is 1. The van der Waals surface area contributed by atoms with Crippen molar-refractivity contribution in [2.75, 3.05) is 6.54 Å². The molecule has 1 aromatic carbocycles. The first-order valence-electron chi connectivity index (χ1n) is 8.33. The number of amides is 2. The Hall–Kier alpha value is -1.97. The molecule has 0 unspecified atom stereocenters. The summed E-state index contributed by atoms with van der Waals surface area (Å²) in [6.45, 7) is 2.77. The molecule has 2 amide bonds. The number of fused-ring (bicyclic) bond motifs is 1. The van der Waals surface area contributed by atoms with E-state index in [1.807, 2.05) is 6.20 Å². The van der Waals surface area contributed by atoms with Gasteiger partial charge in [-0.1, -0.05) is 30.9 Å². The van der Waals surface area contributed by atoms with Crippen LogP contribution in [0.2, 0.25) is 0 Å². The number of carbonyl (C=O) groups is 1. The van der Waals surface area contributed by atoms with Gasteiger partial charge < -0.3 is 15.6 Å². The molecular formula is C18H25N3O. The van der Waals surface area contributed by atoms with Crippen LogP contribution < -0.4 is 10.6 Å². The van der Waals surface area contributed by atoms with Gasteiger partial charge in [0.2, 0.25) is 0 Å². The third-order valence-electron chi connectivity index (χ3n) is 4.54. The van der Waals surface area contributed by atoms with Crippen molar-refractivity contribution in [3.63, 3.8) is 0 Å². The minimum Gasteiger partial charge on any atom is -0.361 e. The van der Waals surface area contributed by atoms with E-state index < -0.39 is 0 Å². The SMILES string of the molecule is Cc1ccc2[nH]cc(CCNC(=O)NC3CCCCC3)c2c1. The Kier molecular flexibility index (Phi) is 4.66. The Balaban J connectivity index is 1.49. The molecule has 1 aromatic heterocycles. The van der Waals surface area contributed by atoms with Crippen LogP contribution in [0.25, 0.3) is 10.9 Å². The summed E-state index contributed by atoms with van der Waals surface area (Å²) < 4.78 is 0. The van der Waals surface area contributed by atoms with E-state index in [2.05, 4.69) is 40.7 Å². The van der Waals surface area contributed by atoms with Crippen molar-refractivity contribution >= 4 is 16.9 Å². The smallest absolute Gasteiger partial charge is 0.315 e. The highest BCUT2D eigenvalue weighted by Gasteiger charge is 2.15. The topological polar surface area (TPSA) is 56.9 Å². The number of aryl methyl sites for hydroxylation is 1. The Bertz CT molecular complexity index is 641. The highest BCUT2D eigenvalue weighted by molar-refractivity contribution is 5.84. The number of carbonyl (C=O) groups excluding carboxylic acids is 1. The fourth-order valence-corrected chi connectivity index (χ4v) is 3.29. The zero-order valence-electron chi connectivity index (χ0n) is 13.2. The average Bonchev–Trinajstić information content (AvgIpc) is 2.91. The molecule has 0 radical (unpaired) electrons. The predicted octanol–water partition coefficient (Wildman–Crippen LogP) is 3.65. The summed E-state index contributed by atoms with van der Waals surface area (Å²) in [5, 5.41) is 7.33. The van der Waals surface area contributed by atoms with Gasteiger partial charge >= 0.3 is 6.03 Å². The zero-order chi connectivity index (χ0) is 15.4. The van der Waals surface area contributed by atoms with Crippen molar-refractivity contribution in [3.05, 3.63) is 35.5 Å². The first kappa shape index (κ1) is 14.9. The van der Waals surface area contributed by atoms with Gasteiger partial charge in [0.1, 0.15) is 0 Å². The van der Waals surface area contributed by atoms with E-state index in [1.165, 1.54) is 35.8 Å². The van der Waals surface area contributed by atoms with Crippen LogP contribution in [-0.4, -0.2) is 23.6 Å². The maximum atomic E-state index is 11.9. The quantitative estimate of drug-likeness (QED) is 0.793. The summed E-state index contributed by atoms with van der Waals surface area (Å²) in [6.07, 6.45) is 8.91. The number of aromatic amines is 1. The molecule has 0 saturated heterocycles. The molecule has 4 heteroatoms. The highest BCUT2D eigenvalue weighted by atomic mass is 16.2. The van der Waals surface area contributed by atoms with E-state index in [9.17, 15) is 4.79 Å². The van der Waals surface area contributed by atoms with Crippen molar-refractivity contribution < 1.29 is 4.79 Å². The van der Waals surface area contributed by atoms with Crippen LogP contribution in [0, 0.1) is 6.92 Å². The van der Waals surface area contributed by atoms with Gasteiger partial charge in [-0.05, 0) is 43.9 Å². The van der Waals surface area contributed by atoms with Crippen LogP contribution in [0.4, 0.5) is 4.79 Å². The first-order valence-corrected chi connectivity index (χ1v) is 8.33. The summed E-state index contributed by atoms with van der Waals surface area (Å²) in [6, 6.07) is 6.76. The molecule has 4 nitrogen and oxygen atoms in total. The Labute approximate surface area is 131 Å². The molecule has 1 heterocycles. The van der Waals surface area contributed by atoms with Crippen LogP contribution in [0.15, 0.2) is 24.4 Å². The fraction of sp³-hybridized carbons (Fsp3) is 0.500. The predicted molar refractivity (Wildman–Crippen MR) is 90.1 cm³/mol. The normalized spacial score (nSPS) is 15.9. The van der Waals surface area contributed by atoms with Gasteiger partial charge in [0.05, 0.1) is 0 Å². The van der Waals surface area contributed by atoms with Crippen molar-refractivity contribution in [2.24, 2.45) is 0 Å². The summed E-state index contributed by atoms with van der Waals surface area (Å²) in [5.74, 6) is 0. The molecule has 0 spiro atoms. The monoisotopic (exact) mass is 299 g/mol. The lowest BCUT2D eigenvalue weighted by Gasteiger charge is -2.22. The minimum absolute atomic E-state index is 0.0251. The number of benzene rings is 1. The van der Waals surface area contributed by atoms with Gasteiger partial charge in [-0.3, -0.25) is 0 Å². The van der Waals surface area contributed by atoms with Crippen LogP contribution in [0.5, 0.6) is 0 Å². The molecule has 0 aliphatic heterocycles. The average molecular weight is 299 g/mol. The lowest BCUT2D eigenvalue weighted by molar-refractivity contribution is 0.233. The van der Waals surface area contributed by atoms with Gasteiger partial charge in [0.15, 0.2) is 0 Å². The zero-order valence-corrected chi connectivity index (χ0v) is 13.2. The molecule has 2 aromatic rings. The number of hydrogen-bond donors (Lipinski definition) is 3. The van der Waals surface area contributed by atoms with Gasteiger partial charge in [-0.15, -0.1) is 0 Å². The minimum atomic E-state index is -0.0251. The number of H-pyrrole nitrogens is 1. The van der Waals surface area contributed by atoms with Crippen LogP contribution in [0.1, 0.15) is 43.2 Å². The number of nitrogens with one attached hydrogen (secondary N) is 3. The van der Waals surface area contributed by atoms with Crippen molar-refractivity contribution in [2.45, 2.75) is 51.5 Å². The van der Waals surface area contributed by atoms with E-state index in [0.717, 1.165) is 24.8 Å². The van der Waals surface area contributed by atoms with Gasteiger partial charge in [-0.25, -0.2) is 4.79 Å². The molecule has 3 N–H and O–H groups in total. The standard InChI is InChI=1S/C18H25N3O/c1-13-7-8-17-16(11-13)14(12-20-17)9-10-19-18(22)21-15-5-3-2-4-6-15/h7-8,11-12,15,20H,2-6,9-10H2,1H3,(H2,19,21,22). The van der Waals surface area contributed by atoms with E-state index in [0.29, 0.717) is 12.6 Å². The molecule has 1 saturated carbocycles. The van der Waals surface area contributed by atoms with Crippen molar-refractivity contribution in [1.82, 2.24) is 15.6 Å². The summed E-state index contributed by atoms with van der Waals surface area (Å²) in [7, 11) is 0. The molecule has 0 atom stereocenters. The van der Waals surface area contributed by atoms with Crippen molar-refractivity contribution in [1.29, 1.82) is 0 Å². The number of hydrogen-bond acceptors (Lipinski definition) is 1.